The number of aromatic nitrogens is 1. The molecule has 6 heteroatoms. The van der Waals surface area contributed by atoms with E-state index in [0.717, 1.165) is 14.8 Å². The van der Waals surface area contributed by atoms with E-state index in [4.69, 9.17) is 23.2 Å². The number of carbonyl (C=O) groups excluding carboxylic acids is 1. The minimum Gasteiger partial charge on any atom is -0.320 e. The lowest BCUT2D eigenvalue weighted by molar-refractivity contribution is 0.102. The molecule has 0 unspecified atom stereocenters. The van der Waals surface area contributed by atoms with Gasteiger partial charge in [0.1, 0.15) is 10.8 Å². The van der Waals surface area contributed by atoms with E-state index in [0.29, 0.717) is 0 Å². The number of amides is 1. The fraction of sp³-hybridized carbons (Fsp3) is 0.0769. The number of rotatable bonds is 2. The highest BCUT2D eigenvalue weighted by atomic mass is 127. The van der Waals surface area contributed by atoms with Gasteiger partial charge in [0, 0.05) is 9.26 Å². The second kappa shape index (κ2) is 6.07. The summed E-state index contributed by atoms with van der Waals surface area (Å²) in [6.07, 6.45) is 0. The van der Waals surface area contributed by atoms with Crippen LogP contribution in [0.4, 0.5) is 5.69 Å². The summed E-state index contributed by atoms with van der Waals surface area (Å²) in [4.78, 5) is 16.0. The number of hydrogen-bond donors (Lipinski definition) is 1. The van der Waals surface area contributed by atoms with E-state index in [1.54, 1.807) is 6.07 Å². The van der Waals surface area contributed by atoms with Gasteiger partial charge in [0.15, 0.2) is 0 Å². The molecule has 0 atom stereocenters. The maximum Gasteiger partial charge on any atom is 0.275 e. The highest BCUT2D eigenvalue weighted by Crippen LogP contribution is 2.21. The quantitative estimate of drug-likeness (QED) is 0.587. The van der Waals surface area contributed by atoms with Gasteiger partial charge in [-0.05, 0) is 65.4 Å². The Morgan fingerprint density at radius 3 is 2.68 bits per heavy atom. The van der Waals surface area contributed by atoms with E-state index in [9.17, 15) is 4.79 Å². The number of aryl methyl sites for hydroxylation is 1. The van der Waals surface area contributed by atoms with Gasteiger partial charge < -0.3 is 5.32 Å². The molecule has 98 valence electrons. The Labute approximate surface area is 134 Å². The summed E-state index contributed by atoms with van der Waals surface area (Å²) in [6.45, 7) is 1.92. The van der Waals surface area contributed by atoms with Crippen molar-refractivity contribution in [2.24, 2.45) is 0 Å². The lowest BCUT2D eigenvalue weighted by atomic mass is 10.2. The number of benzene rings is 1. The summed E-state index contributed by atoms with van der Waals surface area (Å²) in [5.74, 6) is -0.378. The average Bonchev–Trinajstić information content (AvgIpc) is 2.35. The Hall–Kier alpha value is -0.850. The van der Waals surface area contributed by atoms with Crippen molar-refractivity contribution in [2.45, 2.75) is 6.92 Å². The van der Waals surface area contributed by atoms with Crippen LogP contribution in [0.3, 0.4) is 0 Å². The summed E-state index contributed by atoms with van der Waals surface area (Å²) in [6, 6.07) is 8.82. The van der Waals surface area contributed by atoms with Crippen LogP contribution in [0.15, 0.2) is 30.3 Å². The van der Waals surface area contributed by atoms with Crippen molar-refractivity contribution in [1.29, 1.82) is 0 Å². The maximum atomic E-state index is 12.1. The largest absolute Gasteiger partial charge is 0.320 e. The minimum atomic E-state index is -0.378. The van der Waals surface area contributed by atoms with Crippen LogP contribution in [-0.2, 0) is 0 Å². The van der Waals surface area contributed by atoms with Gasteiger partial charge in [-0.25, -0.2) is 4.98 Å². The molecular weight excluding hydrogens is 398 g/mol. The van der Waals surface area contributed by atoms with E-state index in [1.807, 2.05) is 25.1 Å². The van der Waals surface area contributed by atoms with Crippen LogP contribution in [0.2, 0.25) is 10.2 Å². The molecule has 1 aromatic heterocycles. The summed E-state index contributed by atoms with van der Waals surface area (Å²) >= 11 is 13.9. The van der Waals surface area contributed by atoms with Crippen LogP contribution in [0.25, 0.3) is 0 Å². The monoisotopic (exact) mass is 406 g/mol. The minimum absolute atomic E-state index is 0.118. The molecule has 1 aromatic carbocycles. The normalized spacial score (nSPS) is 10.3. The zero-order valence-electron chi connectivity index (χ0n) is 9.88. The van der Waals surface area contributed by atoms with Crippen LogP contribution in [0.1, 0.15) is 16.1 Å². The highest BCUT2D eigenvalue weighted by molar-refractivity contribution is 14.1. The molecule has 2 aromatic rings. The van der Waals surface area contributed by atoms with Gasteiger partial charge >= 0.3 is 0 Å². The zero-order chi connectivity index (χ0) is 14.0. The second-order valence-electron chi connectivity index (χ2n) is 3.88. The van der Waals surface area contributed by atoms with Gasteiger partial charge in [0.05, 0.1) is 5.02 Å². The fourth-order valence-electron chi connectivity index (χ4n) is 1.53. The first-order chi connectivity index (χ1) is 8.97. The van der Waals surface area contributed by atoms with Gasteiger partial charge in [-0.1, -0.05) is 23.2 Å². The van der Waals surface area contributed by atoms with Crippen LogP contribution in [0.5, 0.6) is 0 Å². The van der Waals surface area contributed by atoms with Crippen molar-refractivity contribution in [2.75, 3.05) is 5.32 Å². The molecule has 1 N–H and O–H groups in total. The number of carbonyl (C=O) groups is 1. The number of nitrogens with one attached hydrogen (secondary N) is 1. The molecule has 0 spiro atoms. The van der Waals surface area contributed by atoms with E-state index in [-0.39, 0.29) is 21.8 Å². The van der Waals surface area contributed by atoms with Crippen LogP contribution in [0, 0.1) is 10.5 Å². The third-order valence-corrected chi connectivity index (χ3v) is 3.65. The van der Waals surface area contributed by atoms with Gasteiger partial charge in [-0.3, -0.25) is 4.79 Å². The first kappa shape index (κ1) is 14.6. The van der Waals surface area contributed by atoms with Crippen LogP contribution < -0.4 is 5.32 Å². The van der Waals surface area contributed by atoms with E-state index < -0.39 is 0 Å². The third-order valence-electron chi connectivity index (χ3n) is 2.46. The zero-order valence-corrected chi connectivity index (χ0v) is 13.5. The molecule has 19 heavy (non-hydrogen) atoms. The van der Waals surface area contributed by atoms with Crippen molar-refractivity contribution in [3.05, 3.63) is 55.3 Å². The van der Waals surface area contributed by atoms with E-state index >= 15 is 0 Å². The summed E-state index contributed by atoms with van der Waals surface area (Å²) in [5, 5.41) is 3.27. The van der Waals surface area contributed by atoms with Gasteiger partial charge in [0.2, 0.25) is 0 Å². The van der Waals surface area contributed by atoms with Crippen LogP contribution >= 0.6 is 45.8 Å². The van der Waals surface area contributed by atoms with Crippen molar-refractivity contribution in [3.63, 3.8) is 0 Å². The Bertz CT molecular complexity index is 647. The third kappa shape index (κ3) is 3.58. The maximum absolute atomic E-state index is 12.1. The summed E-state index contributed by atoms with van der Waals surface area (Å²) < 4.78 is 1.10. The SMILES string of the molecule is Cc1cc(I)ccc1NC(=O)c1nc(Cl)ccc1Cl. The molecule has 0 saturated heterocycles. The van der Waals surface area contributed by atoms with Crippen LogP contribution in [-0.4, -0.2) is 10.9 Å². The molecule has 0 aliphatic heterocycles. The first-order valence-corrected chi connectivity index (χ1v) is 7.20. The molecule has 2 rings (SSSR count). The number of nitrogens with zero attached hydrogens (tertiary/aromatic N) is 1. The Morgan fingerprint density at radius 2 is 2.00 bits per heavy atom. The molecule has 0 bridgehead atoms. The molecule has 0 aliphatic rings. The molecule has 1 heterocycles. The highest BCUT2D eigenvalue weighted by Gasteiger charge is 2.14. The van der Waals surface area contributed by atoms with Crippen molar-refractivity contribution in [1.82, 2.24) is 4.98 Å². The molecular formula is C13H9Cl2IN2O. The summed E-state index contributed by atoms with van der Waals surface area (Å²) in [7, 11) is 0. The second-order valence-corrected chi connectivity index (χ2v) is 5.92. The Morgan fingerprint density at radius 1 is 1.26 bits per heavy atom. The van der Waals surface area contributed by atoms with Crippen molar-refractivity contribution < 1.29 is 4.79 Å². The molecule has 3 nitrogen and oxygen atoms in total. The van der Waals surface area contributed by atoms with Crippen molar-refractivity contribution in [3.8, 4) is 0 Å². The van der Waals surface area contributed by atoms with Crippen molar-refractivity contribution >= 4 is 57.4 Å². The lowest BCUT2D eigenvalue weighted by Gasteiger charge is -2.09. The predicted octanol–water partition coefficient (Wildman–Crippen LogP) is 4.55. The molecule has 0 radical (unpaired) electrons. The summed E-state index contributed by atoms with van der Waals surface area (Å²) in [5.41, 5.74) is 1.81. The topological polar surface area (TPSA) is 42.0 Å². The Balaban J connectivity index is 2.28. The number of halogens is 3. The van der Waals surface area contributed by atoms with Gasteiger partial charge in [-0.2, -0.15) is 0 Å². The van der Waals surface area contributed by atoms with E-state index in [2.05, 4.69) is 32.9 Å². The predicted molar refractivity (Wildman–Crippen MR) is 86.1 cm³/mol. The first-order valence-electron chi connectivity index (χ1n) is 5.37. The number of anilines is 1. The molecule has 1 amide bonds. The Kier molecular flexibility index (Phi) is 4.65. The van der Waals surface area contributed by atoms with Gasteiger partial charge in [0.25, 0.3) is 5.91 Å². The smallest absolute Gasteiger partial charge is 0.275 e. The van der Waals surface area contributed by atoms with E-state index in [1.165, 1.54) is 6.07 Å². The molecule has 0 aliphatic carbocycles. The van der Waals surface area contributed by atoms with Gasteiger partial charge in [-0.15, -0.1) is 0 Å². The molecule has 0 saturated carbocycles. The fourth-order valence-corrected chi connectivity index (χ4v) is 2.51. The lowest BCUT2D eigenvalue weighted by Crippen LogP contribution is -2.15. The standard InChI is InChI=1S/C13H9Cl2IN2O/c1-7-6-8(16)2-4-10(7)17-13(19)12-9(14)3-5-11(15)18-12/h2-6H,1H3,(H,17,19). The average molecular weight is 407 g/mol. The number of hydrogen-bond acceptors (Lipinski definition) is 2. The molecule has 0 fully saturated rings. The number of pyridine rings is 1.